The number of amides is 1. The minimum absolute atomic E-state index is 0.0638. The van der Waals surface area contributed by atoms with Crippen LogP contribution in [-0.2, 0) is 14.8 Å². The zero-order valence-corrected chi connectivity index (χ0v) is 19.3. The SMILES string of the molecule is O=C(c1ccc(S(=O)(=O)N2CCOCC2)cc1)N1CCC[C@H](c2nc3ccccc3s2)C1. The molecule has 0 bridgehead atoms. The summed E-state index contributed by atoms with van der Waals surface area (Å²) < 4.78 is 33.5. The van der Waals surface area contributed by atoms with Crippen molar-refractivity contribution < 1.29 is 17.9 Å². The van der Waals surface area contributed by atoms with Gasteiger partial charge in [-0.15, -0.1) is 11.3 Å². The Balaban J connectivity index is 1.30. The molecule has 0 N–H and O–H groups in total. The van der Waals surface area contributed by atoms with Crippen molar-refractivity contribution in [1.29, 1.82) is 0 Å². The van der Waals surface area contributed by atoms with Crippen molar-refractivity contribution in [3.8, 4) is 0 Å². The largest absolute Gasteiger partial charge is 0.379 e. The molecule has 5 rings (SSSR count). The Bertz CT molecular complexity index is 1180. The molecule has 2 saturated heterocycles. The highest BCUT2D eigenvalue weighted by Crippen LogP contribution is 2.33. The number of morpholine rings is 1. The number of sulfonamides is 1. The van der Waals surface area contributed by atoms with E-state index in [-0.39, 0.29) is 16.7 Å². The molecule has 0 aliphatic carbocycles. The monoisotopic (exact) mass is 471 g/mol. The minimum atomic E-state index is -3.57. The number of aromatic nitrogens is 1. The topological polar surface area (TPSA) is 79.8 Å². The number of hydrogen-bond donors (Lipinski definition) is 0. The highest BCUT2D eigenvalue weighted by molar-refractivity contribution is 7.89. The molecule has 0 spiro atoms. The number of carbonyl (C=O) groups is 1. The fraction of sp³-hybridized carbons (Fsp3) is 0.391. The maximum Gasteiger partial charge on any atom is 0.253 e. The van der Waals surface area contributed by atoms with Gasteiger partial charge in [-0.25, -0.2) is 13.4 Å². The van der Waals surface area contributed by atoms with Gasteiger partial charge >= 0.3 is 0 Å². The Hall–Kier alpha value is -2.33. The summed E-state index contributed by atoms with van der Waals surface area (Å²) in [5, 5.41) is 1.08. The van der Waals surface area contributed by atoms with E-state index in [9.17, 15) is 13.2 Å². The second-order valence-corrected chi connectivity index (χ2v) is 11.2. The normalized spacial score (nSPS) is 20.5. The molecule has 3 heterocycles. The molecule has 2 aliphatic rings. The van der Waals surface area contributed by atoms with Crippen LogP contribution in [0.15, 0.2) is 53.4 Å². The molecule has 0 saturated carbocycles. The van der Waals surface area contributed by atoms with Gasteiger partial charge in [-0.3, -0.25) is 4.79 Å². The molecular weight excluding hydrogens is 446 g/mol. The summed E-state index contributed by atoms with van der Waals surface area (Å²) in [6, 6.07) is 14.4. The van der Waals surface area contributed by atoms with Gasteiger partial charge < -0.3 is 9.64 Å². The first-order valence-corrected chi connectivity index (χ1v) is 13.1. The highest BCUT2D eigenvalue weighted by Gasteiger charge is 2.29. The van der Waals surface area contributed by atoms with E-state index in [0.717, 1.165) is 23.4 Å². The summed E-state index contributed by atoms with van der Waals surface area (Å²) in [6.45, 7) is 2.84. The molecule has 1 aromatic heterocycles. The van der Waals surface area contributed by atoms with Gasteiger partial charge in [0.15, 0.2) is 0 Å². The van der Waals surface area contributed by atoms with E-state index in [1.165, 1.54) is 21.1 Å². The fourth-order valence-corrected chi connectivity index (χ4v) is 6.82. The average Bonchev–Trinajstić information content (AvgIpc) is 3.29. The molecule has 2 aliphatic heterocycles. The predicted octanol–water partition coefficient (Wildman–Crippen LogP) is 3.34. The van der Waals surface area contributed by atoms with Crippen molar-refractivity contribution in [2.45, 2.75) is 23.7 Å². The molecule has 2 fully saturated rings. The standard InChI is InChI=1S/C23H25N3O4S2/c27-23(17-7-9-19(10-8-17)32(28,29)26-12-14-30-15-13-26)25-11-3-4-18(16-25)22-24-20-5-1-2-6-21(20)31-22/h1-2,5-10,18H,3-4,11-16H2/t18-/m0/s1. The lowest BCUT2D eigenvalue weighted by Gasteiger charge is -2.32. The van der Waals surface area contributed by atoms with Gasteiger partial charge in [0, 0.05) is 37.7 Å². The van der Waals surface area contributed by atoms with Gasteiger partial charge in [-0.05, 0) is 49.2 Å². The molecule has 9 heteroatoms. The Morgan fingerprint density at radius 2 is 1.78 bits per heavy atom. The van der Waals surface area contributed by atoms with E-state index >= 15 is 0 Å². The van der Waals surface area contributed by atoms with Crippen LogP contribution in [0.25, 0.3) is 10.2 Å². The number of piperidine rings is 1. The molecular formula is C23H25N3O4S2. The van der Waals surface area contributed by atoms with E-state index in [0.29, 0.717) is 45.0 Å². The van der Waals surface area contributed by atoms with Crippen LogP contribution in [0.2, 0.25) is 0 Å². The maximum absolute atomic E-state index is 13.1. The molecule has 168 valence electrons. The smallest absolute Gasteiger partial charge is 0.253 e. The molecule has 0 unspecified atom stereocenters. The highest BCUT2D eigenvalue weighted by atomic mass is 32.2. The second-order valence-electron chi connectivity index (χ2n) is 8.15. The Morgan fingerprint density at radius 1 is 1.03 bits per heavy atom. The molecule has 7 nitrogen and oxygen atoms in total. The van der Waals surface area contributed by atoms with E-state index in [1.54, 1.807) is 23.5 Å². The first kappa shape index (κ1) is 21.5. The van der Waals surface area contributed by atoms with E-state index in [2.05, 4.69) is 6.07 Å². The predicted molar refractivity (Wildman–Crippen MR) is 124 cm³/mol. The number of ether oxygens (including phenoxy) is 1. The van der Waals surface area contributed by atoms with Gasteiger partial charge in [0.2, 0.25) is 10.0 Å². The van der Waals surface area contributed by atoms with Gasteiger partial charge in [-0.1, -0.05) is 12.1 Å². The summed E-state index contributed by atoms with van der Waals surface area (Å²) in [5.74, 6) is 0.164. The number of fused-ring (bicyclic) bond motifs is 1. The molecule has 2 aromatic carbocycles. The van der Waals surface area contributed by atoms with Crippen molar-refractivity contribution in [3.05, 3.63) is 59.1 Å². The average molecular weight is 472 g/mol. The lowest BCUT2D eigenvalue weighted by atomic mass is 9.98. The van der Waals surface area contributed by atoms with Gasteiger partial charge in [-0.2, -0.15) is 4.31 Å². The summed E-state index contributed by atoms with van der Waals surface area (Å²) in [6.07, 6.45) is 1.94. The molecule has 1 amide bonds. The van der Waals surface area contributed by atoms with Crippen LogP contribution in [0.1, 0.15) is 34.1 Å². The van der Waals surface area contributed by atoms with Crippen molar-refractivity contribution in [1.82, 2.24) is 14.2 Å². The number of para-hydroxylation sites is 1. The fourth-order valence-electron chi connectivity index (χ4n) is 4.32. The number of thiazole rings is 1. The number of nitrogens with zero attached hydrogens (tertiary/aromatic N) is 3. The second kappa shape index (κ2) is 8.90. The van der Waals surface area contributed by atoms with Crippen LogP contribution in [-0.4, -0.2) is 67.9 Å². The van der Waals surface area contributed by atoms with E-state index in [1.807, 2.05) is 23.1 Å². The Labute approximate surface area is 191 Å². The summed E-state index contributed by atoms with van der Waals surface area (Å²) in [7, 11) is -3.57. The minimum Gasteiger partial charge on any atom is -0.379 e. The zero-order valence-electron chi connectivity index (χ0n) is 17.6. The molecule has 3 aromatic rings. The third kappa shape index (κ3) is 4.17. The first-order valence-electron chi connectivity index (χ1n) is 10.8. The van der Waals surface area contributed by atoms with Gasteiger partial charge in [0.25, 0.3) is 5.91 Å². The number of benzene rings is 2. The van der Waals surface area contributed by atoms with Gasteiger partial charge in [0.05, 0.1) is 33.3 Å². The summed E-state index contributed by atoms with van der Waals surface area (Å²) >= 11 is 1.70. The number of likely N-dealkylation sites (tertiary alicyclic amines) is 1. The van der Waals surface area contributed by atoms with E-state index < -0.39 is 10.0 Å². The van der Waals surface area contributed by atoms with Crippen molar-refractivity contribution in [2.75, 3.05) is 39.4 Å². The van der Waals surface area contributed by atoms with Crippen LogP contribution in [0, 0.1) is 0 Å². The summed E-state index contributed by atoms with van der Waals surface area (Å²) in [5.41, 5.74) is 1.52. The quantitative estimate of drug-likeness (QED) is 0.583. The molecule has 1 atom stereocenters. The molecule has 0 radical (unpaired) electrons. The summed E-state index contributed by atoms with van der Waals surface area (Å²) in [4.78, 5) is 20.0. The zero-order chi connectivity index (χ0) is 22.1. The van der Waals surface area contributed by atoms with Crippen LogP contribution >= 0.6 is 11.3 Å². The third-order valence-corrected chi connectivity index (χ3v) is 9.19. The van der Waals surface area contributed by atoms with Gasteiger partial charge in [0.1, 0.15) is 0 Å². The van der Waals surface area contributed by atoms with Crippen LogP contribution in [0.4, 0.5) is 0 Å². The van der Waals surface area contributed by atoms with Crippen molar-refractivity contribution in [3.63, 3.8) is 0 Å². The number of rotatable bonds is 4. The third-order valence-electron chi connectivity index (χ3n) is 6.08. The lowest BCUT2D eigenvalue weighted by Crippen LogP contribution is -2.40. The maximum atomic E-state index is 13.1. The first-order chi connectivity index (χ1) is 15.5. The van der Waals surface area contributed by atoms with E-state index in [4.69, 9.17) is 9.72 Å². The molecule has 32 heavy (non-hydrogen) atoms. The Morgan fingerprint density at radius 3 is 2.53 bits per heavy atom. The van der Waals surface area contributed by atoms with Crippen LogP contribution < -0.4 is 0 Å². The Kier molecular flexibility index (Phi) is 5.98. The van der Waals surface area contributed by atoms with Crippen LogP contribution in [0.3, 0.4) is 0 Å². The van der Waals surface area contributed by atoms with Crippen LogP contribution in [0.5, 0.6) is 0 Å². The number of carbonyl (C=O) groups excluding carboxylic acids is 1. The van der Waals surface area contributed by atoms with Crippen molar-refractivity contribution in [2.24, 2.45) is 0 Å². The number of hydrogen-bond acceptors (Lipinski definition) is 6. The van der Waals surface area contributed by atoms with Crippen molar-refractivity contribution >= 4 is 37.5 Å². The lowest BCUT2D eigenvalue weighted by molar-refractivity contribution is 0.0707.